The van der Waals surface area contributed by atoms with Gasteiger partial charge >= 0.3 is 18.6 Å². The number of aromatic nitrogens is 2. The molecule has 164 valence electrons. The van der Waals surface area contributed by atoms with Crippen molar-refractivity contribution >= 4 is 28.9 Å². The van der Waals surface area contributed by atoms with Crippen LogP contribution in [0.5, 0.6) is 0 Å². The highest BCUT2D eigenvalue weighted by Gasteiger charge is 2.21. The van der Waals surface area contributed by atoms with Crippen LogP contribution in [0.3, 0.4) is 0 Å². The minimum atomic E-state index is -1.49. The molecule has 6 nitrogen and oxygen atoms in total. The summed E-state index contributed by atoms with van der Waals surface area (Å²) in [6.07, 6.45) is 7.60. The van der Waals surface area contributed by atoms with Crippen molar-refractivity contribution in [2.24, 2.45) is 0 Å². The van der Waals surface area contributed by atoms with Gasteiger partial charge in [-0.25, -0.2) is 0 Å². The highest BCUT2D eigenvalue weighted by molar-refractivity contribution is 6.61. The topological polar surface area (TPSA) is 62.7 Å². The maximum absolute atomic E-state index is 5.93. The van der Waals surface area contributed by atoms with Gasteiger partial charge in [-0.3, -0.25) is 9.97 Å². The summed E-state index contributed by atoms with van der Waals surface area (Å²) < 4.78 is 23.7. The van der Waals surface area contributed by atoms with Crippen molar-refractivity contribution in [3.05, 3.63) is 36.7 Å². The number of pyridine rings is 2. The summed E-state index contributed by atoms with van der Waals surface area (Å²) >= 11 is 0. The average molecular weight is 447 g/mol. The molecule has 2 rings (SSSR count). The van der Waals surface area contributed by atoms with Crippen LogP contribution in [-0.4, -0.2) is 55.0 Å². The second-order valence-corrected chi connectivity index (χ2v) is 10.3. The molecule has 2 radical (unpaired) electrons. The van der Waals surface area contributed by atoms with Crippen LogP contribution in [0.15, 0.2) is 36.7 Å². The summed E-state index contributed by atoms with van der Waals surface area (Å²) in [6, 6.07) is 8.06. The van der Waals surface area contributed by atoms with Crippen LogP contribution in [-0.2, 0) is 17.7 Å². The molecule has 0 aromatic carbocycles. The third-order valence-electron chi connectivity index (χ3n) is 4.01. The lowest BCUT2D eigenvalue weighted by Crippen LogP contribution is -2.38. The van der Waals surface area contributed by atoms with Crippen molar-refractivity contribution in [2.75, 3.05) is 26.4 Å². The molecule has 0 saturated carbocycles. The summed E-state index contributed by atoms with van der Waals surface area (Å²) in [4.78, 5) is 9.22. The molecule has 2 aromatic rings. The van der Waals surface area contributed by atoms with Gasteiger partial charge in [0.15, 0.2) is 0 Å². The Kier molecular flexibility index (Phi) is 12.1. The maximum atomic E-state index is 5.93. The molecule has 0 saturated heterocycles. The Labute approximate surface area is 184 Å². The SMILES string of the molecule is CCCO[Si](OCCC)c1ccc(-c2ccc([Si](OCCC)OCCC)cn2)nc1. The highest BCUT2D eigenvalue weighted by Crippen LogP contribution is 2.12. The van der Waals surface area contributed by atoms with E-state index in [2.05, 4.69) is 37.7 Å². The molecule has 0 fully saturated rings. The van der Waals surface area contributed by atoms with Crippen LogP contribution in [0, 0.1) is 0 Å². The van der Waals surface area contributed by atoms with Crippen molar-refractivity contribution in [2.45, 2.75) is 53.4 Å². The molecule has 0 aliphatic heterocycles. The first-order valence-corrected chi connectivity index (χ1v) is 13.5. The lowest BCUT2D eigenvalue weighted by Gasteiger charge is -2.15. The van der Waals surface area contributed by atoms with Gasteiger partial charge in [0.25, 0.3) is 0 Å². The van der Waals surface area contributed by atoms with E-state index in [4.69, 9.17) is 17.7 Å². The summed E-state index contributed by atoms with van der Waals surface area (Å²) in [5, 5.41) is 2.04. The molecular formula is C22H34N2O4Si2. The maximum Gasteiger partial charge on any atom is 0.425 e. The van der Waals surface area contributed by atoms with Gasteiger partial charge in [-0.2, -0.15) is 0 Å². The van der Waals surface area contributed by atoms with Crippen LogP contribution < -0.4 is 10.4 Å². The van der Waals surface area contributed by atoms with Crippen molar-refractivity contribution < 1.29 is 17.7 Å². The molecule has 0 unspecified atom stereocenters. The zero-order valence-electron chi connectivity index (χ0n) is 18.6. The fourth-order valence-corrected chi connectivity index (χ4v) is 5.70. The van der Waals surface area contributed by atoms with Gasteiger partial charge in [0, 0.05) is 49.2 Å². The minimum Gasteiger partial charge on any atom is -0.390 e. The molecule has 0 aliphatic carbocycles. The number of rotatable bonds is 15. The Bertz CT molecular complexity index is 624. The molecule has 2 aromatic heterocycles. The monoisotopic (exact) mass is 446 g/mol. The molecule has 2 heterocycles. The molecule has 0 atom stereocenters. The van der Waals surface area contributed by atoms with E-state index in [-0.39, 0.29) is 0 Å². The third-order valence-corrected chi connectivity index (χ3v) is 7.41. The Hall–Kier alpha value is -1.43. The van der Waals surface area contributed by atoms with E-state index < -0.39 is 18.6 Å². The van der Waals surface area contributed by atoms with Crippen LogP contribution in [0.25, 0.3) is 11.4 Å². The Morgan fingerprint density at radius 2 is 0.900 bits per heavy atom. The second-order valence-electron chi connectivity index (χ2n) is 6.83. The fourth-order valence-electron chi connectivity index (χ4n) is 2.53. The van der Waals surface area contributed by atoms with Gasteiger partial charge in [0.05, 0.1) is 11.4 Å². The van der Waals surface area contributed by atoms with Crippen molar-refractivity contribution in [3.8, 4) is 11.4 Å². The predicted octanol–water partition coefficient (Wildman–Crippen LogP) is 3.24. The quantitative estimate of drug-likeness (QED) is 0.391. The van der Waals surface area contributed by atoms with Gasteiger partial charge in [-0.05, 0) is 37.8 Å². The molecule has 0 bridgehead atoms. The number of hydrogen-bond donors (Lipinski definition) is 0. The van der Waals surface area contributed by atoms with Crippen LogP contribution in [0.1, 0.15) is 53.4 Å². The largest absolute Gasteiger partial charge is 0.425 e. The summed E-state index contributed by atoms with van der Waals surface area (Å²) in [5.41, 5.74) is 1.66. The first-order chi connectivity index (χ1) is 14.7. The fraction of sp³-hybridized carbons (Fsp3) is 0.545. The summed E-state index contributed by atoms with van der Waals surface area (Å²) in [5.74, 6) is 0. The predicted molar refractivity (Wildman–Crippen MR) is 123 cm³/mol. The van der Waals surface area contributed by atoms with E-state index in [1.54, 1.807) is 0 Å². The first-order valence-electron chi connectivity index (χ1n) is 10.9. The molecule has 8 heteroatoms. The smallest absolute Gasteiger partial charge is 0.390 e. The Morgan fingerprint density at radius 3 is 1.13 bits per heavy atom. The average Bonchev–Trinajstić information content (AvgIpc) is 2.80. The van der Waals surface area contributed by atoms with E-state index in [9.17, 15) is 0 Å². The standard InChI is InChI=1S/C22H34N2O4Si2/c1-5-13-25-29(26-14-6-2)19-9-11-21(23-17-19)22-12-10-20(18-24-22)30(27-15-7-3)28-16-8-4/h9-12,17-18H,5-8,13-16H2,1-4H3. The van der Waals surface area contributed by atoms with E-state index in [1.807, 2.05) is 36.7 Å². The van der Waals surface area contributed by atoms with E-state index >= 15 is 0 Å². The number of hydrogen-bond acceptors (Lipinski definition) is 6. The first kappa shape index (κ1) is 24.8. The molecular weight excluding hydrogens is 412 g/mol. The molecule has 0 amide bonds. The highest BCUT2D eigenvalue weighted by atomic mass is 28.3. The van der Waals surface area contributed by atoms with Gasteiger partial charge in [0.2, 0.25) is 0 Å². The zero-order valence-corrected chi connectivity index (χ0v) is 20.6. The molecule has 0 spiro atoms. The van der Waals surface area contributed by atoms with Crippen LogP contribution in [0.4, 0.5) is 0 Å². The van der Waals surface area contributed by atoms with E-state index in [0.717, 1.165) is 47.4 Å². The van der Waals surface area contributed by atoms with Crippen LogP contribution >= 0.6 is 0 Å². The van der Waals surface area contributed by atoms with E-state index in [1.165, 1.54) is 0 Å². The third kappa shape index (κ3) is 8.01. The van der Waals surface area contributed by atoms with Crippen molar-refractivity contribution in [3.63, 3.8) is 0 Å². The molecule has 0 aliphatic rings. The summed E-state index contributed by atoms with van der Waals surface area (Å²) in [7, 11) is -2.98. The Balaban J connectivity index is 2.09. The van der Waals surface area contributed by atoms with Gasteiger partial charge in [-0.1, -0.05) is 39.8 Å². The summed E-state index contributed by atoms with van der Waals surface area (Å²) in [6.45, 7) is 11.2. The van der Waals surface area contributed by atoms with Crippen molar-refractivity contribution in [1.29, 1.82) is 0 Å². The van der Waals surface area contributed by atoms with E-state index in [0.29, 0.717) is 26.4 Å². The minimum absolute atomic E-state index is 0.701. The molecule has 0 N–H and O–H groups in total. The molecule has 30 heavy (non-hydrogen) atoms. The number of nitrogens with zero attached hydrogens (tertiary/aromatic N) is 2. The Morgan fingerprint density at radius 1 is 0.567 bits per heavy atom. The van der Waals surface area contributed by atoms with Crippen molar-refractivity contribution in [1.82, 2.24) is 9.97 Å². The second kappa shape index (κ2) is 14.6. The van der Waals surface area contributed by atoms with Gasteiger partial charge < -0.3 is 17.7 Å². The van der Waals surface area contributed by atoms with Gasteiger partial charge in [-0.15, -0.1) is 0 Å². The normalized spacial score (nSPS) is 11.5. The zero-order chi connectivity index (χ0) is 21.6. The lowest BCUT2D eigenvalue weighted by atomic mass is 10.2. The lowest BCUT2D eigenvalue weighted by molar-refractivity contribution is 0.207. The van der Waals surface area contributed by atoms with Crippen LogP contribution in [0.2, 0.25) is 0 Å². The van der Waals surface area contributed by atoms with Gasteiger partial charge in [0.1, 0.15) is 0 Å².